The molecular formula is C22H22N2O3. The molecule has 0 bridgehead atoms. The van der Waals surface area contributed by atoms with E-state index < -0.39 is 0 Å². The Hall–Kier alpha value is -3.08. The molecule has 1 aliphatic heterocycles. The van der Waals surface area contributed by atoms with E-state index in [0.29, 0.717) is 12.5 Å². The van der Waals surface area contributed by atoms with Crippen LogP contribution in [0.4, 0.5) is 11.4 Å². The molecule has 0 fully saturated rings. The van der Waals surface area contributed by atoms with Gasteiger partial charge in [-0.25, -0.2) is 0 Å². The molecule has 1 aliphatic carbocycles. The van der Waals surface area contributed by atoms with E-state index >= 15 is 0 Å². The highest BCUT2D eigenvalue weighted by atomic mass is 16.6. The minimum atomic E-state index is -0.341. The number of nitro groups is 1. The molecule has 3 unspecified atom stereocenters. The third-order valence-corrected chi connectivity index (χ3v) is 5.27. The Morgan fingerprint density at radius 3 is 2.93 bits per heavy atom. The number of anilines is 1. The van der Waals surface area contributed by atoms with E-state index in [9.17, 15) is 10.1 Å². The van der Waals surface area contributed by atoms with Crippen LogP contribution in [0.25, 0.3) is 0 Å². The van der Waals surface area contributed by atoms with Crippen molar-refractivity contribution in [2.24, 2.45) is 5.92 Å². The van der Waals surface area contributed by atoms with Gasteiger partial charge < -0.3 is 10.1 Å². The maximum Gasteiger partial charge on any atom is 0.269 e. The van der Waals surface area contributed by atoms with Gasteiger partial charge in [0, 0.05) is 18.1 Å². The lowest BCUT2D eigenvalue weighted by Crippen LogP contribution is -2.29. The van der Waals surface area contributed by atoms with Gasteiger partial charge in [-0.15, -0.1) is 0 Å². The molecule has 5 nitrogen and oxygen atoms in total. The molecule has 4 rings (SSSR count). The molecule has 27 heavy (non-hydrogen) atoms. The van der Waals surface area contributed by atoms with E-state index in [0.717, 1.165) is 29.0 Å². The quantitative estimate of drug-likeness (QED) is 0.441. The first-order chi connectivity index (χ1) is 13.0. The maximum absolute atomic E-state index is 11.2. The zero-order valence-corrected chi connectivity index (χ0v) is 15.2. The number of para-hydroxylation sites is 1. The Labute approximate surface area is 158 Å². The molecule has 2 aliphatic rings. The second-order valence-electron chi connectivity index (χ2n) is 7.29. The third kappa shape index (κ3) is 3.21. The first-order valence-electron chi connectivity index (χ1n) is 9.12. The number of benzene rings is 2. The second-order valence-corrected chi connectivity index (χ2v) is 7.29. The summed E-state index contributed by atoms with van der Waals surface area (Å²) in [6.07, 6.45) is 5.40. The molecular weight excluding hydrogens is 340 g/mol. The van der Waals surface area contributed by atoms with E-state index in [1.54, 1.807) is 12.1 Å². The van der Waals surface area contributed by atoms with Gasteiger partial charge in [0.15, 0.2) is 0 Å². The number of non-ortho nitro benzene ring substituents is 1. The van der Waals surface area contributed by atoms with Gasteiger partial charge in [-0.05, 0) is 42.0 Å². The number of hydrogen-bond donors (Lipinski definition) is 1. The van der Waals surface area contributed by atoms with E-state index in [-0.39, 0.29) is 22.6 Å². The summed E-state index contributed by atoms with van der Waals surface area (Å²) >= 11 is 0. The Morgan fingerprint density at radius 2 is 2.15 bits per heavy atom. The van der Waals surface area contributed by atoms with Crippen LogP contribution in [0.1, 0.15) is 36.4 Å². The van der Waals surface area contributed by atoms with Crippen LogP contribution in [0.3, 0.4) is 0 Å². The highest BCUT2D eigenvalue weighted by Crippen LogP contribution is 2.52. The standard InChI is InChI=1S/C22H22N2O3/c1-14(2)13-27-20-11-5-10-19-17-8-4-9-18(17)21(23-22(19)20)15-6-3-7-16(12-15)24(25)26/h3-8,10-12,17-18,21,23H,1,9,13H2,2H3. The Balaban J connectivity index is 1.75. The number of allylic oxidation sites excluding steroid dienone is 2. The highest BCUT2D eigenvalue weighted by Gasteiger charge is 2.39. The fourth-order valence-electron chi connectivity index (χ4n) is 4.08. The fourth-order valence-corrected chi connectivity index (χ4v) is 4.08. The van der Waals surface area contributed by atoms with Crippen LogP contribution in [-0.2, 0) is 0 Å². The van der Waals surface area contributed by atoms with Crippen LogP contribution in [0, 0.1) is 16.0 Å². The molecule has 0 amide bonds. The minimum absolute atomic E-state index is 0.00743. The zero-order chi connectivity index (χ0) is 19.0. The van der Waals surface area contributed by atoms with Gasteiger partial charge in [0.1, 0.15) is 12.4 Å². The van der Waals surface area contributed by atoms with Gasteiger partial charge in [-0.2, -0.15) is 0 Å². The van der Waals surface area contributed by atoms with Gasteiger partial charge in [0.05, 0.1) is 16.7 Å². The van der Waals surface area contributed by atoms with Crippen molar-refractivity contribution in [1.29, 1.82) is 0 Å². The van der Waals surface area contributed by atoms with E-state index in [1.165, 1.54) is 11.6 Å². The number of rotatable bonds is 5. The third-order valence-electron chi connectivity index (χ3n) is 5.27. The van der Waals surface area contributed by atoms with Crippen molar-refractivity contribution >= 4 is 11.4 Å². The van der Waals surface area contributed by atoms with Gasteiger partial charge >= 0.3 is 0 Å². The SMILES string of the molecule is C=C(C)COc1cccc2c1NC(c1cccc([N+](=O)[O-])c1)C1CC=CC21. The summed E-state index contributed by atoms with van der Waals surface area (Å²) in [4.78, 5) is 10.9. The summed E-state index contributed by atoms with van der Waals surface area (Å²) in [6.45, 7) is 6.30. The summed E-state index contributed by atoms with van der Waals surface area (Å²) in [6, 6.07) is 13.0. The molecule has 1 N–H and O–H groups in total. The van der Waals surface area contributed by atoms with Crippen LogP contribution in [-0.4, -0.2) is 11.5 Å². The summed E-state index contributed by atoms with van der Waals surface area (Å²) in [5.74, 6) is 1.40. The molecule has 0 saturated carbocycles. The Bertz CT molecular complexity index is 935. The smallest absolute Gasteiger partial charge is 0.269 e. The van der Waals surface area contributed by atoms with Crippen LogP contribution in [0.15, 0.2) is 66.8 Å². The van der Waals surface area contributed by atoms with Crippen molar-refractivity contribution in [2.45, 2.75) is 25.3 Å². The summed E-state index contributed by atoms with van der Waals surface area (Å²) in [7, 11) is 0. The number of nitrogens with one attached hydrogen (secondary N) is 1. The average molecular weight is 362 g/mol. The normalized spacial score (nSPS) is 22.5. The first kappa shape index (κ1) is 17.3. The fraction of sp³-hybridized carbons (Fsp3) is 0.273. The van der Waals surface area contributed by atoms with Gasteiger partial charge in [-0.1, -0.05) is 43.0 Å². The molecule has 2 aromatic rings. The maximum atomic E-state index is 11.2. The zero-order valence-electron chi connectivity index (χ0n) is 15.2. The van der Waals surface area contributed by atoms with Crippen molar-refractivity contribution in [3.8, 4) is 5.75 Å². The summed E-state index contributed by atoms with van der Waals surface area (Å²) in [5.41, 5.74) is 4.20. The predicted molar refractivity (Wildman–Crippen MR) is 106 cm³/mol. The van der Waals surface area contributed by atoms with Crippen LogP contribution in [0.2, 0.25) is 0 Å². The van der Waals surface area contributed by atoms with E-state index in [1.807, 2.05) is 25.1 Å². The number of ether oxygens (including phenoxy) is 1. The molecule has 2 aromatic carbocycles. The Morgan fingerprint density at radius 1 is 1.33 bits per heavy atom. The lowest BCUT2D eigenvalue weighted by Gasteiger charge is -2.38. The number of hydrogen-bond acceptors (Lipinski definition) is 4. The van der Waals surface area contributed by atoms with Crippen molar-refractivity contribution in [3.63, 3.8) is 0 Å². The van der Waals surface area contributed by atoms with Gasteiger partial charge in [0.2, 0.25) is 0 Å². The van der Waals surface area contributed by atoms with Crippen molar-refractivity contribution < 1.29 is 9.66 Å². The highest BCUT2D eigenvalue weighted by molar-refractivity contribution is 5.68. The lowest BCUT2D eigenvalue weighted by molar-refractivity contribution is -0.384. The van der Waals surface area contributed by atoms with Gasteiger partial charge in [0.25, 0.3) is 5.69 Å². The van der Waals surface area contributed by atoms with Crippen molar-refractivity contribution in [2.75, 3.05) is 11.9 Å². The lowest BCUT2D eigenvalue weighted by atomic mass is 9.77. The molecule has 3 atom stereocenters. The second kappa shape index (κ2) is 6.91. The largest absolute Gasteiger partial charge is 0.487 e. The van der Waals surface area contributed by atoms with Gasteiger partial charge in [-0.3, -0.25) is 10.1 Å². The summed E-state index contributed by atoms with van der Waals surface area (Å²) < 4.78 is 5.97. The topological polar surface area (TPSA) is 64.4 Å². The predicted octanol–water partition coefficient (Wildman–Crippen LogP) is 5.38. The molecule has 0 saturated heterocycles. The van der Waals surface area contributed by atoms with E-state index in [4.69, 9.17) is 4.74 Å². The number of fused-ring (bicyclic) bond motifs is 3. The average Bonchev–Trinajstić information content (AvgIpc) is 3.15. The number of nitro benzene ring substituents is 1. The molecule has 0 radical (unpaired) electrons. The molecule has 1 heterocycles. The molecule has 0 spiro atoms. The molecule has 5 heteroatoms. The van der Waals surface area contributed by atoms with Crippen LogP contribution < -0.4 is 10.1 Å². The molecule has 0 aromatic heterocycles. The van der Waals surface area contributed by atoms with E-state index in [2.05, 4.69) is 30.1 Å². The first-order valence-corrected chi connectivity index (χ1v) is 9.12. The van der Waals surface area contributed by atoms with Crippen molar-refractivity contribution in [3.05, 3.63) is 88.0 Å². The summed E-state index contributed by atoms with van der Waals surface area (Å²) in [5, 5.41) is 14.8. The van der Waals surface area contributed by atoms with Crippen molar-refractivity contribution in [1.82, 2.24) is 0 Å². The molecule has 138 valence electrons. The number of nitrogens with zero attached hydrogens (tertiary/aromatic N) is 1. The monoisotopic (exact) mass is 362 g/mol. The van der Waals surface area contributed by atoms with Crippen LogP contribution in [0.5, 0.6) is 5.75 Å². The minimum Gasteiger partial charge on any atom is -0.487 e. The Kier molecular flexibility index (Phi) is 4.44. The van der Waals surface area contributed by atoms with Crippen LogP contribution >= 0.6 is 0 Å².